The fraction of sp³-hybridized carbons (Fsp3) is 0.562. The number of methoxy groups -OCH3 is 1. The molecule has 0 saturated heterocycles. The summed E-state index contributed by atoms with van der Waals surface area (Å²) in [7, 11) is 3.34. The van der Waals surface area contributed by atoms with E-state index in [-0.39, 0.29) is 0 Å². The predicted octanol–water partition coefficient (Wildman–Crippen LogP) is 2.23. The number of benzene rings is 1. The van der Waals surface area contributed by atoms with Gasteiger partial charge in [0, 0.05) is 31.6 Å². The van der Waals surface area contributed by atoms with Gasteiger partial charge in [-0.15, -0.1) is 0 Å². The maximum atomic E-state index is 11.8. The van der Waals surface area contributed by atoms with Gasteiger partial charge in [0.2, 0.25) is 0 Å². The van der Waals surface area contributed by atoms with Gasteiger partial charge in [0.05, 0.1) is 19.3 Å². The lowest BCUT2D eigenvalue weighted by Crippen LogP contribution is -2.23. The molecule has 0 aliphatic heterocycles. The zero-order chi connectivity index (χ0) is 15.4. The van der Waals surface area contributed by atoms with Crippen molar-refractivity contribution < 1.29 is 14.3 Å². The Labute approximate surface area is 126 Å². The van der Waals surface area contributed by atoms with E-state index in [4.69, 9.17) is 15.2 Å². The van der Waals surface area contributed by atoms with Gasteiger partial charge in [0.25, 0.3) is 0 Å². The van der Waals surface area contributed by atoms with E-state index in [1.807, 2.05) is 20.0 Å². The molecule has 0 aromatic heterocycles. The first-order chi connectivity index (χ1) is 10.0. The Morgan fingerprint density at radius 3 is 2.76 bits per heavy atom. The fourth-order valence-corrected chi connectivity index (χ4v) is 2.14. The Morgan fingerprint density at radius 1 is 1.43 bits per heavy atom. The van der Waals surface area contributed by atoms with Crippen LogP contribution in [0.5, 0.6) is 0 Å². The van der Waals surface area contributed by atoms with Gasteiger partial charge in [-0.05, 0) is 43.4 Å². The zero-order valence-corrected chi connectivity index (χ0v) is 13.0. The van der Waals surface area contributed by atoms with Crippen LogP contribution in [0.25, 0.3) is 0 Å². The van der Waals surface area contributed by atoms with Gasteiger partial charge in [0.1, 0.15) is 0 Å². The molecule has 5 heteroatoms. The first-order valence-electron chi connectivity index (χ1n) is 7.30. The zero-order valence-electron chi connectivity index (χ0n) is 13.0. The predicted molar refractivity (Wildman–Crippen MR) is 83.7 cm³/mol. The number of aryl methyl sites for hydroxylation is 1. The summed E-state index contributed by atoms with van der Waals surface area (Å²) in [4.78, 5) is 13.8. The third-order valence-corrected chi connectivity index (χ3v) is 3.84. The molecule has 2 rings (SSSR count). The number of rotatable bonds is 7. The van der Waals surface area contributed by atoms with Gasteiger partial charge in [0.15, 0.2) is 0 Å². The number of esters is 1. The lowest BCUT2D eigenvalue weighted by atomic mass is 10.1. The van der Waals surface area contributed by atoms with E-state index in [0.717, 1.165) is 30.3 Å². The summed E-state index contributed by atoms with van der Waals surface area (Å²) < 4.78 is 10.4. The van der Waals surface area contributed by atoms with Crippen LogP contribution < -0.4 is 10.6 Å². The van der Waals surface area contributed by atoms with Crippen LogP contribution in [0.1, 0.15) is 28.8 Å². The molecule has 0 amide bonds. The van der Waals surface area contributed by atoms with Crippen molar-refractivity contribution in [3.63, 3.8) is 0 Å². The molecular weight excluding hydrogens is 268 g/mol. The molecular formula is C16H24N2O3. The lowest BCUT2D eigenvalue weighted by Gasteiger charge is -2.21. The smallest absolute Gasteiger partial charge is 0.340 e. The van der Waals surface area contributed by atoms with Crippen LogP contribution in [0.15, 0.2) is 12.1 Å². The largest absolute Gasteiger partial charge is 0.465 e. The van der Waals surface area contributed by atoms with Crippen molar-refractivity contribution in [1.29, 1.82) is 0 Å². The molecule has 1 aliphatic rings. The highest BCUT2D eigenvalue weighted by atomic mass is 16.5. The van der Waals surface area contributed by atoms with Crippen molar-refractivity contribution in [2.24, 2.45) is 5.92 Å². The monoisotopic (exact) mass is 292 g/mol. The molecule has 0 heterocycles. The van der Waals surface area contributed by atoms with E-state index in [1.54, 1.807) is 6.07 Å². The minimum absolute atomic E-state index is 0.407. The van der Waals surface area contributed by atoms with Crippen molar-refractivity contribution in [2.45, 2.75) is 19.8 Å². The molecule has 1 aromatic rings. The quantitative estimate of drug-likeness (QED) is 0.474. The Hall–Kier alpha value is -1.75. The summed E-state index contributed by atoms with van der Waals surface area (Å²) in [5, 5.41) is 0. The molecule has 116 valence electrons. The highest BCUT2D eigenvalue weighted by molar-refractivity contribution is 5.97. The van der Waals surface area contributed by atoms with E-state index < -0.39 is 5.97 Å². The molecule has 0 radical (unpaired) electrons. The summed E-state index contributed by atoms with van der Waals surface area (Å²) in [6.45, 7) is 4.21. The minimum Gasteiger partial charge on any atom is -0.465 e. The number of hydrogen-bond donors (Lipinski definition) is 1. The van der Waals surface area contributed by atoms with Crippen LogP contribution >= 0.6 is 0 Å². The summed E-state index contributed by atoms with van der Waals surface area (Å²) in [6.07, 6.45) is 2.60. The number of likely N-dealkylation sites (N-methyl/N-ethyl adjacent to an activating group) is 1. The number of hydrogen-bond acceptors (Lipinski definition) is 5. The summed E-state index contributed by atoms with van der Waals surface area (Å²) >= 11 is 0. The number of ether oxygens (including phenoxy) is 2. The van der Waals surface area contributed by atoms with Crippen molar-refractivity contribution in [3.05, 3.63) is 23.3 Å². The fourth-order valence-electron chi connectivity index (χ4n) is 2.14. The van der Waals surface area contributed by atoms with E-state index >= 15 is 0 Å². The van der Waals surface area contributed by atoms with Gasteiger partial charge in [-0.3, -0.25) is 0 Å². The molecule has 0 spiro atoms. The molecule has 0 unspecified atom stereocenters. The van der Waals surface area contributed by atoms with E-state index in [0.29, 0.717) is 17.9 Å². The average molecular weight is 292 g/mol. The van der Waals surface area contributed by atoms with Crippen LogP contribution in [0.2, 0.25) is 0 Å². The maximum Gasteiger partial charge on any atom is 0.340 e. The van der Waals surface area contributed by atoms with Crippen molar-refractivity contribution >= 4 is 17.3 Å². The van der Waals surface area contributed by atoms with Crippen molar-refractivity contribution in [2.75, 3.05) is 44.5 Å². The Bertz CT molecular complexity index is 512. The third-order valence-electron chi connectivity index (χ3n) is 3.84. The number of nitrogen functional groups attached to an aromatic ring is 1. The number of anilines is 2. The lowest BCUT2D eigenvalue weighted by molar-refractivity contribution is 0.0602. The summed E-state index contributed by atoms with van der Waals surface area (Å²) in [5.41, 5.74) is 8.65. The number of carbonyl (C=O) groups excluding carboxylic acids is 1. The summed E-state index contributed by atoms with van der Waals surface area (Å²) in [5.74, 6) is 0.371. The highest BCUT2D eigenvalue weighted by Crippen LogP contribution is 2.29. The summed E-state index contributed by atoms with van der Waals surface area (Å²) in [6, 6.07) is 3.75. The number of nitrogens with two attached hydrogens (primary N) is 1. The number of nitrogens with zero attached hydrogens (tertiary/aromatic N) is 1. The van der Waals surface area contributed by atoms with Crippen LogP contribution in [-0.2, 0) is 9.47 Å². The molecule has 2 N–H and O–H groups in total. The van der Waals surface area contributed by atoms with Crippen LogP contribution in [0.4, 0.5) is 11.4 Å². The van der Waals surface area contributed by atoms with Gasteiger partial charge in [-0.1, -0.05) is 0 Å². The maximum absolute atomic E-state index is 11.8. The average Bonchev–Trinajstić information content (AvgIpc) is 3.29. The Kier molecular flexibility index (Phi) is 5.07. The van der Waals surface area contributed by atoms with Gasteiger partial charge in [-0.25, -0.2) is 4.79 Å². The SMILES string of the molecule is COC(=O)c1cc(N(C)CCOCC2CC2)cc(C)c1N. The first-order valence-corrected chi connectivity index (χ1v) is 7.30. The van der Waals surface area contributed by atoms with Gasteiger partial charge >= 0.3 is 5.97 Å². The molecule has 1 aliphatic carbocycles. The van der Waals surface area contributed by atoms with Crippen molar-refractivity contribution in [3.8, 4) is 0 Å². The second kappa shape index (κ2) is 6.80. The van der Waals surface area contributed by atoms with Crippen molar-refractivity contribution in [1.82, 2.24) is 0 Å². The van der Waals surface area contributed by atoms with Crippen LogP contribution in [-0.4, -0.2) is 39.9 Å². The standard InChI is InChI=1S/C16H24N2O3/c1-11-8-13(9-14(15(11)17)16(19)20-3)18(2)6-7-21-10-12-4-5-12/h8-9,12H,4-7,10,17H2,1-3H3. The molecule has 0 bridgehead atoms. The molecule has 1 aromatic carbocycles. The third kappa shape index (κ3) is 4.11. The van der Waals surface area contributed by atoms with E-state index in [1.165, 1.54) is 20.0 Å². The molecule has 21 heavy (non-hydrogen) atoms. The Balaban J connectivity index is 1.99. The molecule has 1 fully saturated rings. The normalized spacial score (nSPS) is 14.0. The first kappa shape index (κ1) is 15.6. The Morgan fingerprint density at radius 2 is 2.14 bits per heavy atom. The van der Waals surface area contributed by atoms with Gasteiger partial charge in [-0.2, -0.15) is 0 Å². The van der Waals surface area contributed by atoms with E-state index in [9.17, 15) is 4.79 Å². The second-order valence-corrected chi connectivity index (χ2v) is 5.66. The van der Waals surface area contributed by atoms with Gasteiger partial charge < -0.3 is 20.1 Å². The second-order valence-electron chi connectivity index (χ2n) is 5.66. The topological polar surface area (TPSA) is 64.8 Å². The molecule has 1 saturated carbocycles. The van der Waals surface area contributed by atoms with E-state index in [2.05, 4.69) is 4.90 Å². The minimum atomic E-state index is -0.407. The number of carbonyl (C=O) groups is 1. The van der Waals surface area contributed by atoms with Crippen LogP contribution in [0, 0.1) is 12.8 Å². The van der Waals surface area contributed by atoms with Crippen LogP contribution in [0.3, 0.4) is 0 Å². The molecule has 0 atom stereocenters. The highest BCUT2D eigenvalue weighted by Gasteiger charge is 2.21. The molecule has 5 nitrogen and oxygen atoms in total.